The van der Waals surface area contributed by atoms with Crippen molar-refractivity contribution in [3.05, 3.63) is 0 Å². The van der Waals surface area contributed by atoms with E-state index in [1.165, 1.54) is 0 Å². The smallest absolute Gasteiger partial charge is 0.475 e. The maximum atomic E-state index is 11.4. The lowest BCUT2D eigenvalue weighted by molar-refractivity contribution is -0.192. The maximum absolute atomic E-state index is 11.4. The second kappa shape index (κ2) is 13.0. The summed E-state index contributed by atoms with van der Waals surface area (Å²) in [6.45, 7) is 22.7. The Morgan fingerprint density at radius 1 is 0.900 bits per heavy atom. The summed E-state index contributed by atoms with van der Waals surface area (Å²) in [6.07, 6.45) is -3.38. The Hall–Kier alpha value is -1.51. The van der Waals surface area contributed by atoms with Gasteiger partial charge in [-0.25, -0.2) is 9.59 Å². The molecular weight excluding hydrogens is 401 g/mol. The highest BCUT2D eigenvalue weighted by molar-refractivity contribution is 5.73. The van der Waals surface area contributed by atoms with Crippen molar-refractivity contribution in [2.24, 2.45) is 16.6 Å². The molecule has 0 bridgehead atoms. The molecule has 4 N–H and O–H groups in total. The van der Waals surface area contributed by atoms with Crippen LogP contribution in [-0.4, -0.2) is 41.0 Å². The van der Waals surface area contributed by atoms with Crippen molar-refractivity contribution in [3.8, 4) is 0 Å². The topological polar surface area (TPSA) is 102 Å². The minimum Gasteiger partial charge on any atom is -0.475 e. The van der Waals surface area contributed by atoms with Crippen LogP contribution in [0.5, 0.6) is 0 Å². The molecule has 0 aromatic rings. The Bertz CT molecular complexity index is 500. The number of alkyl carbamates (subject to hydrolysis) is 1. The second-order valence-corrected chi connectivity index (χ2v) is 10.9. The monoisotopic (exact) mass is 444 g/mol. The fourth-order valence-electron chi connectivity index (χ4n) is 2.44. The summed E-state index contributed by atoms with van der Waals surface area (Å²) < 4.78 is 36.9. The van der Waals surface area contributed by atoms with Gasteiger partial charge in [0.2, 0.25) is 0 Å². The molecule has 0 aliphatic heterocycles. The summed E-state index contributed by atoms with van der Waals surface area (Å²) in [4.78, 5) is 20.3. The van der Waals surface area contributed by atoms with Crippen LogP contribution in [0, 0.1) is 10.8 Å². The van der Waals surface area contributed by atoms with Crippen LogP contribution in [0.15, 0.2) is 0 Å². The molecule has 1 amide bonds. The lowest BCUT2D eigenvalue weighted by atomic mass is 9.89. The summed E-state index contributed by atoms with van der Waals surface area (Å²) in [5.41, 5.74) is 5.77. The Morgan fingerprint density at radius 2 is 1.23 bits per heavy atom. The quantitative estimate of drug-likeness (QED) is 0.515. The Labute approximate surface area is 180 Å². The summed E-state index contributed by atoms with van der Waals surface area (Å²) in [6, 6.07) is 0.481. The average Bonchev–Trinajstić information content (AvgIpc) is 2.29. The summed E-state index contributed by atoms with van der Waals surface area (Å²) >= 11 is 0. The van der Waals surface area contributed by atoms with Gasteiger partial charge in [-0.2, -0.15) is 13.2 Å². The number of aliphatic carboxylic acids is 1. The third kappa shape index (κ3) is 31.2. The zero-order valence-corrected chi connectivity index (χ0v) is 20.5. The number of amides is 1. The van der Waals surface area contributed by atoms with E-state index in [0.717, 1.165) is 12.8 Å². The van der Waals surface area contributed by atoms with E-state index in [1.54, 1.807) is 0 Å². The van der Waals surface area contributed by atoms with Gasteiger partial charge in [-0.05, 0) is 58.3 Å². The van der Waals surface area contributed by atoms with Crippen molar-refractivity contribution in [1.82, 2.24) is 5.32 Å². The number of alkyl halides is 3. The molecule has 2 atom stereocenters. The minimum atomic E-state index is -5.08. The number of nitrogens with one attached hydrogen (secondary N) is 1. The van der Waals surface area contributed by atoms with Crippen LogP contribution >= 0.6 is 0 Å². The summed E-state index contributed by atoms with van der Waals surface area (Å²) in [7, 11) is 0. The lowest BCUT2D eigenvalue weighted by Gasteiger charge is -2.26. The predicted octanol–water partition coefficient (Wildman–Crippen LogP) is 5.74. The highest BCUT2D eigenvalue weighted by Crippen LogP contribution is 2.21. The Kier molecular flexibility index (Phi) is 14.4. The van der Waals surface area contributed by atoms with Crippen LogP contribution in [0.1, 0.15) is 89.0 Å². The van der Waals surface area contributed by atoms with Crippen LogP contribution < -0.4 is 11.1 Å². The molecule has 9 heteroatoms. The van der Waals surface area contributed by atoms with E-state index >= 15 is 0 Å². The number of carboxylic acid groups (broad SMARTS) is 1. The van der Waals surface area contributed by atoms with Gasteiger partial charge in [0.05, 0.1) is 0 Å². The number of hydrogen-bond acceptors (Lipinski definition) is 4. The molecule has 0 spiro atoms. The van der Waals surface area contributed by atoms with Gasteiger partial charge in [0.1, 0.15) is 5.60 Å². The van der Waals surface area contributed by atoms with Gasteiger partial charge in [0, 0.05) is 12.1 Å². The number of carbonyl (C=O) groups is 2. The van der Waals surface area contributed by atoms with E-state index in [0.29, 0.717) is 11.5 Å². The molecule has 0 heterocycles. The SMILES string of the molecule is C[C@@H](N)CC(C)(C)C.C[C@H](CC(C)(C)C)NC(=O)OC(C)(C)C.O=C(O)C(F)(F)F. The van der Waals surface area contributed by atoms with Crippen molar-refractivity contribution in [1.29, 1.82) is 0 Å². The second-order valence-electron chi connectivity index (χ2n) is 10.9. The Morgan fingerprint density at radius 3 is 1.40 bits per heavy atom. The standard InChI is InChI=1S/C12H25NO2.C7H17N.C2HF3O2/c1-9(8-11(2,3)4)13-10(14)15-12(5,6)7;1-6(8)5-7(2,3)4;3-2(4,5)1(6)7/h9H,8H2,1-7H3,(H,13,14);6H,5,8H2,1-4H3;(H,6,7)/t9-;6-;/m11./s1. The molecule has 0 unspecified atom stereocenters. The number of carbonyl (C=O) groups excluding carboxylic acids is 1. The summed E-state index contributed by atoms with van der Waals surface area (Å²) in [5.74, 6) is -2.76. The third-order valence-corrected chi connectivity index (χ3v) is 2.86. The van der Waals surface area contributed by atoms with Crippen molar-refractivity contribution < 1.29 is 32.6 Å². The predicted molar refractivity (Wildman–Crippen MR) is 114 cm³/mol. The minimum absolute atomic E-state index is 0.139. The van der Waals surface area contributed by atoms with Gasteiger partial charge in [-0.3, -0.25) is 0 Å². The number of halogens is 3. The largest absolute Gasteiger partial charge is 0.490 e. The van der Waals surface area contributed by atoms with Crippen LogP contribution in [-0.2, 0) is 9.53 Å². The normalized spacial score (nSPS) is 14.2. The zero-order chi connectivity index (χ0) is 25.1. The van der Waals surface area contributed by atoms with Gasteiger partial charge in [0.25, 0.3) is 0 Å². The van der Waals surface area contributed by atoms with E-state index < -0.39 is 17.7 Å². The molecule has 0 radical (unpaired) electrons. The molecule has 0 fully saturated rings. The first-order valence-electron chi connectivity index (χ1n) is 9.91. The summed E-state index contributed by atoms with van der Waals surface area (Å²) in [5, 5.41) is 9.96. The highest BCUT2D eigenvalue weighted by Gasteiger charge is 2.38. The molecular formula is C21H43F3N2O4. The van der Waals surface area contributed by atoms with Crippen LogP contribution in [0.25, 0.3) is 0 Å². The van der Waals surface area contributed by atoms with Crippen molar-refractivity contribution in [2.75, 3.05) is 0 Å². The van der Waals surface area contributed by atoms with Gasteiger partial charge in [-0.15, -0.1) is 0 Å². The molecule has 0 aliphatic carbocycles. The number of carboxylic acids is 1. The van der Waals surface area contributed by atoms with Crippen molar-refractivity contribution in [2.45, 2.75) is 113 Å². The van der Waals surface area contributed by atoms with Gasteiger partial charge in [-0.1, -0.05) is 41.5 Å². The van der Waals surface area contributed by atoms with Crippen molar-refractivity contribution in [3.63, 3.8) is 0 Å². The number of nitrogens with two attached hydrogens (primary N) is 1. The van der Waals surface area contributed by atoms with Gasteiger partial charge in [0.15, 0.2) is 0 Å². The van der Waals surface area contributed by atoms with E-state index in [1.807, 2.05) is 34.6 Å². The molecule has 0 aromatic carbocycles. The first-order valence-corrected chi connectivity index (χ1v) is 9.91. The first kappa shape index (κ1) is 33.1. The molecule has 30 heavy (non-hydrogen) atoms. The molecule has 0 saturated carbocycles. The van der Waals surface area contributed by atoms with Crippen molar-refractivity contribution >= 4 is 12.1 Å². The first-order chi connectivity index (χ1) is 12.9. The average molecular weight is 445 g/mol. The van der Waals surface area contributed by atoms with Crippen LogP contribution in [0.4, 0.5) is 18.0 Å². The molecule has 0 aromatic heterocycles. The van der Waals surface area contributed by atoms with Gasteiger partial charge >= 0.3 is 18.2 Å². The zero-order valence-electron chi connectivity index (χ0n) is 20.5. The number of ether oxygens (including phenoxy) is 1. The highest BCUT2D eigenvalue weighted by atomic mass is 19.4. The maximum Gasteiger partial charge on any atom is 0.490 e. The third-order valence-electron chi connectivity index (χ3n) is 2.86. The Balaban J connectivity index is -0.000000408. The number of rotatable bonds is 3. The van der Waals surface area contributed by atoms with E-state index in [2.05, 4.69) is 46.9 Å². The lowest BCUT2D eigenvalue weighted by Crippen LogP contribution is -2.39. The fraction of sp³-hybridized carbons (Fsp3) is 0.905. The van der Waals surface area contributed by atoms with E-state index in [-0.39, 0.29) is 17.6 Å². The molecule has 6 nitrogen and oxygen atoms in total. The van der Waals surface area contributed by atoms with Gasteiger partial charge < -0.3 is 20.9 Å². The molecule has 0 aliphatic rings. The van der Waals surface area contributed by atoms with Crippen LogP contribution in [0.2, 0.25) is 0 Å². The molecule has 0 saturated heterocycles. The molecule has 0 rings (SSSR count). The molecule has 182 valence electrons. The number of hydrogen-bond donors (Lipinski definition) is 3. The fourth-order valence-corrected chi connectivity index (χ4v) is 2.44. The van der Waals surface area contributed by atoms with E-state index in [4.69, 9.17) is 20.4 Å². The van der Waals surface area contributed by atoms with E-state index in [9.17, 15) is 18.0 Å². The van der Waals surface area contributed by atoms with Crippen LogP contribution in [0.3, 0.4) is 0 Å².